The molecule has 4 N–H and O–H groups in total. The summed E-state index contributed by atoms with van der Waals surface area (Å²) >= 11 is 6.24. The molecule has 0 aliphatic carbocycles. The van der Waals surface area contributed by atoms with Gasteiger partial charge in [-0.05, 0) is 93.8 Å². The highest BCUT2D eigenvalue weighted by Crippen LogP contribution is 2.27. The van der Waals surface area contributed by atoms with Crippen molar-refractivity contribution in [2.24, 2.45) is 41.4 Å². The third-order valence-corrected chi connectivity index (χ3v) is 16.4. The molecule has 87 heavy (non-hydrogen) atoms. The maximum absolute atomic E-state index is 15.3. The summed E-state index contributed by atoms with van der Waals surface area (Å²) < 4.78 is 5.86. The Hall–Kier alpha value is -6.07. The van der Waals surface area contributed by atoms with Crippen molar-refractivity contribution in [1.82, 2.24) is 55.6 Å². The van der Waals surface area contributed by atoms with Crippen LogP contribution in [0.4, 0.5) is 0 Å². The maximum Gasteiger partial charge on any atom is 0.303 e. The van der Waals surface area contributed by atoms with Crippen LogP contribution in [0.1, 0.15) is 156 Å². The molecule has 498 valence electrons. The first-order valence-corrected chi connectivity index (χ1v) is 31.4. The number of rotatable bonds is 16. The van der Waals surface area contributed by atoms with Gasteiger partial charge in [0.2, 0.25) is 65.0 Å². The summed E-state index contributed by atoms with van der Waals surface area (Å²) in [6, 6.07) is -12.6. The van der Waals surface area contributed by atoms with Crippen LogP contribution >= 0.6 is 11.6 Å². The van der Waals surface area contributed by atoms with Crippen LogP contribution in [0.15, 0.2) is 0 Å². The Morgan fingerprint density at radius 3 is 1.33 bits per heavy atom. The smallest absolute Gasteiger partial charge is 0.303 e. The fourth-order valence-electron chi connectivity index (χ4n) is 10.9. The van der Waals surface area contributed by atoms with E-state index in [0.29, 0.717) is 0 Å². The molecule has 0 spiro atoms. The molecule has 12 atom stereocenters. The van der Waals surface area contributed by atoms with E-state index in [1.165, 1.54) is 87.7 Å². The van der Waals surface area contributed by atoms with E-state index in [-0.39, 0.29) is 68.1 Å². The summed E-state index contributed by atoms with van der Waals surface area (Å²) in [5, 5.41) is 11.0. The summed E-state index contributed by atoms with van der Waals surface area (Å²) in [4.78, 5) is 182. The third-order valence-electron chi connectivity index (χ3n) is 16.2. The number of esters is 1. The van der Waals surface area contributed by atoms with Crippen molar-refractivity contribution >= 4 is 82.5 Å². The minimum atomic E-state index is -1.63. The predicted molar refractivity (Wildman–Crippen MR) is 334 cm³/mol. The number of nitrogens with zero attached hydrogens (tertiary/aromatic N) is 7. The highest BCUT2D eigenvalue weighted by Gasteiger charge is 2.47. The number of ether oxygens (including phenoxy) is 1. The van der Waals surface area contributed by atoms with E-state index < -0.39 is 162 Å². The molecule has 0 aromatic carbocycles. The molecule has 1 aliphatic heterocycles. The van der Waals surface area contributed by atoms with Gasteiger partial charge in [-0.25, -0.2) is 0 Å². The number of hydrogen-bond donors (Lipinski definition) is 4. The van der Waals surface area contributed by atoms with E-state index in [1.54, 1.807) is 41.5 Å². The van der Waals surface area contributed by atoms with Crippen molar-refractivity contribution in [2.75, 3.05) is 61.8 Å². The number of likely N-dealkylation sites (N-methyl/N-ethyl adjacent to an activating group) is 7. The molecular formula is C62H110ClN11O13. The number of alkyl halides is 1. The summed E-state index contributed by atoms with van der Waals surface area (Å²) in [6.45, 7) is 28.5. The van der Waals surface area contributed by atoms with Gasteiger partial charge in [-0.15, -0.1) is 11.6 Å². The van der Waals surface area contributed by atoms with E-state index in [2.05, 4.69) is 21.3 Å². The summed E-state index contributed by atoms with van der Waals surface area (Å²) in [5.74, 6) is -10.8. The van der Waals surface area contributed by atoms with Gasteiger partial charge in [0.1, 0.15) is 66.5 Å². The molecule has 0 radical (unpaired) electrons. The molecule has 1 aliphatic rings. The second kappa shape index (κ2) is 35.8. The largest absolute Gasteiger partial charge is 0.459 e. The maximum atomic E-state index is 15.3. The van der Waals surface area contributed by atoms with Gasteiger partial charge in [0.15, 0.2) is 0 Å². The average molecular weight is 1250 g/mol. The Morgan fingerprint density at radius 1 is 0.483 bits per heavy atom. The molecule has 1 unspecified atom stereocenters. The molecule has 1 rings (SSSR count). The lowest BCUT2D eigenvalue weighted by atomic mass is 9.91. The van der Waals surface area contributed by atoms with Crippen LogP contribution in [-0.2, 0) is 62.3 Å². The minimum absolute atomic E-state index is 0.0136. The quantitative estimate of drug-likeness (QED) is 0.127. The Bertz CT molecular complexity index is 2390. The Balaban J connectivity index is 4.41. The lowest BCUT2D eigenvalue weighted by Crippen LogP contribution is -2.64. The first-order valence-electron chi connectivity index (χ1n) is 30.9. The standard InChI is InChI=1S/C62H110ClN11O13/c1-25-43-58(82)68(18)32-48(76)69(19)44(28-33(2)3)55(79)67-49(37(10)11)61(85)70(20)45(29-34(4)5)54(78)64-40(15)53(77)65-41(16)57(81)71(21)46(30-35(6)7)59(83)72(22)47(31-36(8)9)60(84)73(23)50(38(12)13)62(86)74(24)51(56(80)66-43)52(87-42(17)75)39(14)26-27-63/h33-41,43-47,49-52H,25-32H2,1-24H3,(H,64,78)(H,65,77)(H,66,80)(H,67,79)/t39-,40+,41-,43+,44+,45+,46+,47+,49+,50+,51?,52-/m1/s1. The van der Waals surface area contributed by atoms with E-state index in [1.807, 2.05) is 55.4 Å². The van der Waals surface area contributed by atoms with Gasteiger partial charge in [0, 0.05) is 62.1 Å². The Kier molecular flexibility index (Phi) is 32.5. The molecule has 0 bridgehead atoms. The summed E-state index contributed by atoms with van der Waals surface area (Å²) in [5.41, 5.74) is 0. The van der Waals surface area contributed by atoms with Crippen molar-refractivity contribution < 1.29 is 62.3 Å². The minimum Gasteiger partial charge on any atom is -0.459 e. The number of hydrogen-bond acceptors (Lipinski definition) is 13. The van der Waals surface area contributed by atoms with Gasteiger partial charge in [0.25, 0.3) is 0 Å². The van der Waals surface area contributed by atoms with Crippen LogP contribution in [0, 0.1) is 41.4 Å². The average Bonchev–Trinajstić information content (AvgIpc) is 1.40. The van der Waals surface area contributed by atoms with Crippen molar-refractivity contribution in [3.8, 4) is 0 Å². The molecule has 24 nitrogen and oxygen atoms in total. The first-order chi connectivity index (χ1) is 40.1. The zero-order chi connectivity index (χ0) is 67.6. The molecule has 0 aromatic heterocycles. The molecule has 0 saturated carbocycles. The van der Waals surface area contributed by atoms with Gasteiger partial charge in [-0.3, -0.25) is 57.5 Å². The Morgan fingerprint density at radius 2 is 0.897 bits per heavy atom. The van der Waals surface area contributed by atoms with Crippen molar-refractivity contribution in [3.05, 3.63) is 0 Å². The fourth-order valence-corrected chi connectivity index (χ4v) is 11.2. The van der Waals surface area contributed by atoms with Crippen molar-refractivity contribution in [2.45, 2.75) is 223 Å². The molecule has 1 fully saturated rings. The lowest BCUT2D eigenvalue weighted by molar-refractivity contribution is -0.164. The number of amides is 11. The van der Waals surface area contributed by atoms with E-state index in [0.717, 1.165) is 16.7 Å². The van der Waals surface area contributed by atoms with Gasteiger partial charge >= 0.3 is 5.97 Å². The van der Waals surface area contributed by atoms with E-state index >= 15 is 19.2 Å². The van der Waals surface area contributed by atoms with Gasteiger partial charge < -0.3 is 60.3 Å². The highest BCUT2D eigenvalue weighted by molar-refractivity contribution is 6.17. The molecular weight excluding hydrogens is 1140 g/mol. The number of halogens is 1. The summed E-state index contributed by atoms with van der Waals surface area (Å²) in [7, 11) is 9.82. The van der Waals surface area contributed by atoms with Gasteiger partial charge in [-0.2, -0.15) is 0 Å². The van der Waals surface area contributed by atoms with Crippen LogP contribution in [0.25, 0.3) is 0 Å². The van der Waals surface area contributed by atoms with E-state index in [9.17, 15) is 38.4 Å². The van der Waals surface area contributed by atoms with Crippen molar-refractivity contribution in [3.63, 3.8) is 0 Å². The number of nitrogens with one attached hydrogen (secondary N) is 4. The molecule has 1 heterocycles. The molecule has 25 heteroatoms. The molecule has 0 aromatic rings. The van der Waals surface area contributed by atoms with Crippen LogP contribution in [0.5, 0.6) is 0 Å². The van der Waals surface area contributed by atoms with Crippen LogP contribution < -0.4 is 21.3 Å². The second-order valence-corrected chi connectivity index (χ2v) is 26.7. The van der Waals surface area contributed by atoms with Crippen LogP contribution in [0.3, 0.4) is 0 Å². The summed E-state index contributed by atoms with van der Waals surface area (Å²) in [6.07, 6.45) is -0.591. The third kappa shape index (κ3) is 22.5. The predicted octanol–water partition coefficient (Wildman–Crippen LogP) is 3.50. The zero-order valence-electron chi connectivity index (χ0n) is 56.9. The van der Waals surface area contributed by atoms with Crippen molar-refractivity contribution in [1.29, 1.82) is 0 Å². The van der Waals surface area contributed by atoms with E-state index in [4.69, 9.17) is 16.3 Å². The zero-order valence-corrected chi connectivity index (χ0v) is 57.6. The second-order valence-electron chi connectivity index (χ2n) is 26.3. The number of carbonyl (C=O) groups is 12. The molecule has 11 amide bonds. The van der Waals surface area contributed by atoms with Crippen LogP contribution in [0.2, 0.25) is 0 Å². The fraction of sp³-hybridized carbons (Fsp3) is 0.806. The monoisotopic (exact) mass is 1250 g/mol. The SMILES string of the molecule is CC[C@@H]1NC(=O)C([C@H](OC(C)=O)[C@H](C)CCCl)N(C)C(=O)[C@H](C(C)C)N(C)C(=O)[C@H](CC(C)C)N(C)C(=O)[C@H](CC(C)C)N(C)C(=O)[C@@H](C)NC(=O)[C@H](C)NC(=O)[C@H](CC(C)C)N(C)C(=O)[C@H](C(C)C)NC(=O)[C@H](CC(C)C)N(C)C(=O)CN(C)C1=O. The van der Waals surface area contributed by atoms with Gasteiger partial charge in [0.05, 0.1) is 6.54 Å². The number of carbonyl (C=O) groups excluding carboxylic acids is 12. The highest BCUT2D eigenvalue weighted by atomic mass is 35.5. The normalized spacial score (nSPS) is 26.4. The lowest BCUT2D eigenvalue weighted by Gasteiger charge is -2.42. The van der Waals surface area contributed by atoms with Crippen LogP contribution in [-0.4, -0.2) is 234 Å². The topological polar surface area (TPSA) is 285 Å². The molecule has 1 saturated heterocycles. The van der Waals surface area contributed by atoms with Gasteiger partial charge in [-0.1, -0.05) is 96.9 Å². The Labute approximate surface area is 524 Å². The first kappa shape index (κ1) is 78.9.